The predicted octanol–water partition coefficient (Wildman–Crippen LogP) is 0.837. The summed E-state index contributed by atoms with van der Waals surface area (Å²) in [6, 6.07) is 0. The molecule has 1 N–H and O–H groups in total. The Balaban J connectivity index is 2.41. The van der Waals surface area contributed by atoms with Gasteiger partial charge in [-0.25, -0.2) is 4.79 Å². The molecule has 0 saturated carbocycles. The predicted molar refractivity (Wildman–Crippen MR) is 70.7 cm³/mol. The van der Waals surface area contributed by atoms with E-state index in [1.54, 1.807) is 32.7 Å². The second-order valence-corrected chi connectivity index (χ2v) is 5.95. The van der Waals surface area contributed by atoms with Crippen molar-refractivity contribution in [3.63, 3.8) is 0 Å². The van der Waals surface area contributed by atoms with Gasteiger partial charge >= 0.3 is 6.09 Å². The zero-order valence-electron chi connectivity index (χ0n) is 12.2. The number of ether oxygens (including phenoxy) is 1. The SMILES string of the molecule is CN(CC(=O)N1CCC(O)CC1)C(=O)OC(C)(C)C. The average Bonchev–Trinajstić information content (AvgIpc) is 2.27. The number of rotatable bonds is 2. The van der Waals surface area contributed by atoms with Crippen LogP contribution in [-0.4, -0.2) is 65.3 Å². The van der Waals surface area contributed by atoms with Crippen LogP contribution in [0.4, 0.5) is 4.79 Å². The standard InChI is InChI=1S/C13H24N2O4/c1-13(2,3)19-12(18)14(4)9-11(17)15-7-5-10(16)6-8-15/h10,16H,5-9H2,1-4H3. The molecule has 0 radical (unpaired) electrons. The molecule has 1 saturated heterocycles. The zero-order chi connectivity index (χ0) is 14.6. The Morgan fingerprint density at radius 1 is 1.32 bits per heavy atom. The smallest absolute Gasteiger partial charge is 0.410 e. The highest BCUT2D eigenvalue weighted by molar-refractivity contribution is 5.82. The van der Waals surface area contributed by atoms with Gasteiger partial charge in [0.15, 0.2) is 0 Å². The molecule has 2 amide bonds. The molecular formula is C13H24N2O4. The summed E-state index contributed by atoms with van der Waals surface area (Å²) < 4.78 is 5.18. The molecule has 6 nitrogen and oxygen atoms in total. The third kappa shape index (κ3) is 5.46. The molecule has 1 heterocycles. The summed E-state index contributed by atoms with van der Waals surface area (Å²) >= 11 is 0. The van der Waals surface area contributed by atoms with Gasteiger partial charge in [-0.05, 0) is 33.6 Å². The highest BCUT2D eigenvalue weighted by atomic mass is 16.6. The van der Waals surface area contributed by atoms with Crippen molar-refractivity contribution >= 4 is 12.0 Å². The van der Waals surface area contributed by atoms with E-state index in [0.717, 1.165) is 0 Å². The molecule has 19 heavy (non-hydrogen) atoms. The van der Waals surface area contributed by atoms with Gasteiger partial charge in [-0.1, -0.05) is 0 Å². The Morgan fingerprint density at radius 2 is 1.84 bits per heavy atom. The first kappa shape index (κ1) is 15.8. The van der Waals surface area contributed by atoms with Crippen LogP contribution in [0.15, 0.2) is 0 Å². The van der Waals surface area contributed by atoms with E-state index in [2.05, 4.69) is 0 Å². The molecule has 1 aliphatic heterocycles. The zero-order valence-corrected chi connectivity index (χ0v) is 12.2. The molecule has 1 fully saturated rings. The van der Waals surface area contributed by atoms with E-state index in [0.29, 0.717) is 25.9 Å². The Hall–Kier alpha value is -1.30. The lowest BCUT2D eigenvalue weighted by molar-refractivity contribution is -0.134. The van der Waals surface area contributed by atoms with E-state index >= 15 is 0 Å². The molecule has 6 heteroatoms. The van der Waals surface area contributed by atoms with Crippen molar-refractivity contribution < 1.29 is 19.4 Å². The topological polar surface area (TPSA) is 70.1 Å². The summed E-state index contributed by atoms with van der Waals surface area (Å²) in [7, 11) is 1.55. The van der Waals surface area contributed by atoms with Crippen molar-refractivity contribution in [3.8, 4) is 0 Å². The minimum absolute atomic E-state index is 0.00497. The van der Waals surface area contributed by atoms with E-state index in [1.807, 2.05) is 0 Å². The van der Waals surface area contributed by atoms with Crippen molar-refractivity contribution in [1.29, 1.82) is 0 Å². The number of aliphatic hydroxyl groups excluding tert-OH is 1. The van der Waals surface area contributed by atoms with Crippen LogP contribution in [0.5, 0.6) is 0 Å². The molecular weight excluding hydrogens is 248 g/mol. The lowest BCUT2D eigenvalue weighted by Crippen LogP contribution is -2.46. The fraction of sp³-hybridized carbons (Fsp3) is 0.846. The van der Waals surface area contributed by atoms with Crippen LogP contribution in [0.25, 0.3) is 0 Å². The van der Waals surface area contributed by atoms with Gasteiger partial charge in [-0.2, -0.15) is 0 Å². The largest absolute Gasteiger partial charge is 0.444 e. The van der Waals surface area contributed by atoms with Crippen molar-refractivity contribution in [2.24, 2.45) is 0 Å². The quantitative estimate of drug-likeness (QED) is 0.808. The van der Waals surface area contributed by atoms with E-state index in [1.165, 1.54) is 4.90 Å². The summed E-state index contributed by atoms with van der Waals surface area (Å²) in [5.41, 5.74) is -0.566. The van der Waals surface area contributed by atoms with Crippen LogP contribution in [0.1, 0.15) is 33.6 Å². The molecule has 110 valence electrons. The number of likely N-dealkylation sites (N-methyl/N-ethyl adjacent to an activating group) is 1. The number of carbonyl (C=O) groups is 2. The van der Waals surface area contributed by atoms with E-state index in [9.17, 15) is 14.7 Å². The Kier molecular flexibility index (Phi) is 5.17. The van der Waals surface area contributed by atoms with E-state index in [4.69, 9.17) is 4.74 Å². The highest BCUT2D eigenvalue weighted by Crippen LogP contribution is 2.12. The third-order valence-corrected chi connectivity index (χ3v) is 2.89. The molecule has 0 aromatic carbocycles. The molecule has 0 atom stereocenters. The van der Waals surface area contributed by atoms with Crippen molar-refractivity contribution in [2.75, 3.05) is 26.7 Å². The van der Waals surface area contributed by atoms with Gasteiger partial charge in [-0.3, -0.25) is 4.79 Å². The van der Waals surface area contributed by atoms with Crippen molar-refractivity contribution in [2.45, 2.75) is 45.3 Å². The molecule has 0 unspecified atom stereocenters. The minimum atomic E-state index is -0.566. The van der Waals surface area contributed by atoms with Crippen LogP contribution in [-0.2, 0) is 9.53 Å². The van der Waals surface area contributed by atoms with Crippen LogP contribution in [0.3, 0.4) is 0 Å². The van der Waals surface area contributed by atoms with Gasteiger partial charge in [0.25, 0.3) is 0 Å². The van der Waals surface area contributed by atoms with Gasteiger partial charge in [0, 0.05) is 20.1 Å². The van der Waals surface area contributed by atoms with Crippen LogP contribution in [0, 0.1) is 0 Å². The minimum Gasteiger partial charge on any atom is -0.444 e. The fourth-order valence-electron chi connectivity index (χ4n) is 1.82. The second kappa shape index (κ2) is 6.23. The Bertz CT molecular complexity index is 330. The summed E-state index contributed by atoms with van der Waals surface area (Å²) in [6.07, 6.45) is 0.384. The Labute approximate surface area is 114 Å². The van der Waals surface area contributed by atoms with E-state index in [-0.39, 0.29) is 18.6 Å². The molecule has 1 rings (SSSR count). The normalized spacial score (nSPS) is 17.2. The molecule has 1 aliphatic rings. The second-order valence-electron chi connectivity index (χ2n) is 5.95. The van der Waals surface area contributed by atoms with Crippen LogP contribution in [0.2, 0.25) is 0 Å². The fourth-order valence-corrected chi connectivity index (χ4v) is 1.82. The number of carbonyl (C=O) groups excluding carboxylic acids is 2. The number of aliphatic hydroxyl groups is 1. The van der Waals surface area contributed by atoms with Gasteiger partial charge in [0.1, 0.15) is 12.1 Å². The number of piperidine rings is 1. The highest BCUT2D eigenvalue weighted by Gasteiger charge is 2.25. The van der Waals surface area contributed by atoms with Crippen molar-refractivity contribution in [3.05, 3.63) is 0 Å². The summed E-state index contributed by atoms with van der Waals surface area (Å²) in [5.74, 6) is -0.111. The molecule has 0 spiro atoms. The monoisotopic (exact) mass is 272 g/mol. The maximum Gasteiger partial charge on any atom is 0.410 e. The Morgan fingerprint density at radius 3 is 2.32 bits per heavy atom. The van der Waals surface area contributed by atoms with Gasteiger partial charge < -0.3 is 19.6 Å². The van der Waals surface area contributed by atoms with Crippen molar-refractivity contribution in [1.82, 2.24) is 9.80 Å². The van der Waals surface area contributed by atoms with Gasteiger partial charge in [0.2, 0.25) is 5.91 Å². The lowest BCUT2D eigenvalue weighted by atomic mass is 10.1. The van der Waals surface area contributed by atoms with Gasteiger partial charge in [0.05, 0.1) is 6.10 Å². The molecule has 0 aliphatic carbocycles. The maximum atomic E-state index is 12.0. The number of likely N-dealkylation sites (tertiary alicyclic amines) is 1. The van der Waals surface area contributed by atoms with Gasteiger partial charge in [-0.15, -0.1) is 0 Å². The maximum absolute atomic E-state index is 12.0. The molecule has 0 aromatic heterocycles. The average molecular weight is 272 g/mol. The summed E-state index contributed by atoms with van der Waals surface area (Å²) in [6.45, 7) is 6.45. The van der Waals surface area contributed by atoms with Crippen LogP contribution < -0.4 is 0 Å². The first-order chi connectivity index (χ1) is 8.69. The first-order valence-electron chi connectivity index (χ1n) is 6.59. The van der Waals surface area contributed by atoms with Crippen LogP contribution >= 0.6 is 0 Å². The number of nitrogens with zero attached hydrogens (tertiary/aromatic N) is 2. The number of amides is 2. The number of hydrogen-bond acceptors (Lipinski definition) is 4. The molecule has 0 aromatic rings. The summed E-state index contributed by atoms with van der Waals surface area (Å²) in [4.78, 5) is 26.7. The first-order valence-corrected chi connectivity index (χ1v) is 6.59. The third-order valence-electron chi connectivity index (χ3n) is 2.89. The lowest BCUT2D eigenvalue weighted by Gasteiger charge is -2.31. The summed E-state index contributed by atoms with van der Waals surface area (Å²) in [5, 5.41) is 9.38. The number of hydrogen-bond donors (Lipinski definition) is 1. The van der Waals surface area contributed by atoms with E-state index < -0.39 is 11.7 Å². The molecule has 0 bridgehead atoms.